The van der Waals surface area contributed by atoms with Crippen LogP contribution in [0, 0.1) is 0 Å². The van der Waals surface area contributed by atoms with Crippen molar-refractivity contribution in [3.05, 3.63) is 0 Å². The maximum Gasteiger partial charge on any atom is 0.339 e. The highest BCUT2D eigenvalue weighted by atomic mass is 31.2. The Labute approximate surface area is 164 Å². The second-order valence-corrected chi connectivity index (χ2v) is 14.4. The van der Waals surface area contributed by atoms with Crippen LogP contribution in [0.25, 0.3) is 0 Å². The molecule has 0 aliphatic carbocycles. The van der Waals surface area contributed by atoms with Gasteiger partial charge in [-0.1, -0.05) is 0 Å². The smallest absolute Gasteiger partial charge is 0.337 e. The van der Waals surface area contributed by atoms with Gasteiger partial charge in [-0.05, 0) is 90.0 Å². The lowest BCUT2D eigenvalue weighted by molar-refractivity contribution is 0.0503. The van der Waals surface area contributed by atoms with Crippen LogP contribution in [0.15, 0.2) is 0 Å². The average molecular weight is 412 g/mol. The summed E-state index contributed by atoms with van der Waals surface area (Å²) in [6.07, 6.45) is 0. The Balaban J connectivity index is 5.91. The van der Waals surface area contributed by atoms with Gasteiger partial charge in [-0.25, -0.2) is 0 Å². The summed E-state index contributed by atoms with van der Waals surface area (Å²) in [5.41, 5.74) is -1.48. The molecule has 0 aliphatic heterocycles. The molecule has 1 unspecified atom stereocenters. The first kappa shape index (κ1) is 26.5. The zero-order valence-corrected chi connectivity index (χ0v) is 21.1. The summed E-state index contributed by atoms with van der Waals surface area (Å²) in [5.74, 6) is 0.254. The van der Waals surface area contributed by atoms with Crippen LogP contribution in [0.1, 0.15) is 90.0 Å². The molecule has 0 amide bonds. The Morgan fingerprint density at radius 2 is 1.12 bits per heavy atom. The lowest BCUT2D eigenvalue weighted by Gasteiger charge is -2.42. The van der Waals surface area contributed by atoms with Gasteiger partial charge in [0.25, 0.3) is 0 Å². The Morgan fingerprint density at radius 1 is 0.769 bits per heavy atom. The quantitative estimate of drug-likeness (QED) is 0.402. The van der Waals surface area contributed by atoms with Gasteiger partial charge in [-0.2, -0.15) is 0 Å². The Morgan fingerprint density at radius 3 is 1.35 bits per heavy atom. The summed E-state index contributed by atoms with van der Waals surface area (Å²) < 4.78 is 34.5. The van der Waals surface area contributed by atoms with E-state index in [4.69, 9.17) is 13.6 Å². The number of nitrogens with zero attached hydrogens (tertiary/aromatic N) is 1. The molecule has 0 rings (SSSR count). The lowest BCUT2D eigenvalue weighted by Crippen LogP contribution is -2.36. The van der Waals surface area contributed by atoms with Gasteiger partial charge in [0.05, 0.1) is 16.8 Å². The minimum atomic E-state index is -3.38. The molecule has 0 spiro atoms. The van der Waals surface area contributed by atoms with E-state index in [9.17, 15) is 4.57 Å². The molecule has 0 bridgehead atoms. The Hall–Kier alpha value is 0.500. The van der Waals surface area contributed by atoms with Gasteiger partial charge in [-0.3, -0.25) is 9.24 Å². The third-order valence-corrected chi connectivity index (χ3v) is 9.02. The van der Waals surface area contributed by atoms with Gasteiger partial charge in [-0.15, -0.1) is 0 Å². The highest BCUT2D eigenvalue weighted by Crippen LogP contribution is 2.65. The van der Waals surface area contributed by atoms with Crippen LogP contribution in [0.3, 0.4) is 0 Å². The van der Waals surface area contributed by atoms with Crippen molar-refractivity contribution >= 4 is 15.9 Å². The summed E-state index contributed by atoms with van der Waals surface area (Å²) in [4.78, 5) is 0. The maximum absolute atomic E-state index is 13.8. The van der Waals surface area contributed by atoms with Crippen molar-refractivity contribution in [1.29, 1.82) is 0 Å². The van der Waals surface area contributed by atoms with Crippen molar-refractivity contribution in [2.75, 3.05) is 5.90 Å². The molecule has 0 aromatic carbocycles. The largest absolute Gasteiger partial charge is 0.339 e. The second-order valence-electron chi connectivity index (χ2n) is 10.3. The standard InChI is InChI=1S/C19H43NO4P2/c1-15(2)20(16(3)4)25(22-17(5,6)7)14-26(21,23-18(8,9)10)24-19(11,12)13/h15-16H,14H2,1-13H3. The van der Waals surface area contributed by atoms with Crippen molar-refractivity contribution in [3.63, 3.8) is 0 Å². The minimum absolute atomic E-state index is 0.254. The first-order chi connectivity index (χ1) is 11.2. The van der Waals surface area contributed by atoms with Crippen molar-refractivity contribution in [3.8, 4) is 0 Å². The molecule has 1 atom stereocenters. The first-order valence-electron chi connectivity index (χ1n) is 9.50. The number of rotatable bonds is 8. The van der Waals surface area contributed by atoms with Gasteiger partial charge < -0.3 is 13.6 Å². The molecule has 0 saturated carbocycles. The molecule has 0 radical (unpaired) electrons. The Kier molecular flexibility index (Phi) is 9.51. The van der Waals surface area contributed by atoms with E-state index in [2.05, 4.69) is 32.4 Å². The maximum atomic E-state index is 13.8. The number of hydrogen-bond donors (Lipinski definition) is 0. The molecular formula is C19H43NO4P2. The molecule has 0 aromatic rings. The van der Waals surface area contributed by atoms with E-state index in [1.165, 1.54) is 0 Å². The summed E-state index contributed by atoms with van der Waals surface area (Å²) in [6.45, 7) is 26.1. The van der Waals surface area contributed by atoms with Gasteiger partial charge in [0.2, 0.25) is 0 Å². The SMILES string of the molecule is CC(C)N(C(C)C)P(CP(=O)(OC(C)(C)C)OC(C)(C)C)OC(C)(C)C. The van der Waals surface area contributed by atoms with E-state index in [0.29, 0.717) is 0 Å². The molecule has 0 N–H and O–H groups in total. The van der Waals surface area contributed by atoms with Crippen LogP contribution in [0.4, 0.5) is 0 Å². The van der Waals surface area contributed by atoms with E-state index in [1.54, 1.807) is 0 Å². The molecule has 26 heavy (non-hydrogen) atoms. The van der Waals surface area contributed by atoms with Crippen LogP contribution in [0.2, 0.25) is 0 Å². The van der Waals surface area contributed by atoms with E-state index in [0.717, 1.165) is 0 Å². The van der Waals surface area contributed by atoms with E-state index >= 15 is 0 Å². The topological polar surface area (TPSA) is 48.0 Å². The summed E-state index contributed by atoms with van der Waals surface area (Å²) in [6, 6.07) is 0.530. The molecule has 0 aromatic heterocycles. The molecule has 5 nitrogen and oxygen atoms in total. The van der Waals surface area contributed by atoms with E-state index in [-0.39, 0.29) is 23.6 Å². The van der Waals surface area contributed by atoms with Crippen molar-refractivity contribution in [2.45, 2.75) is 119 Å². The lowest BCUT2D eigenvalue weighted by atomic mass is 10.2. The molecule has 158 valence electrons. The normalized spacial score (nSPS) is 16.0. The van der Waals surface area contributed by atoms with E-state index < -0.39 is 27.1 Å². The summed E-state index contributed by atoms with van der Waals surface area (Å²) in [7, 11) is -4.54. The molecule has 0 saturated heterocycles. The van der Waals surface area contributed by atoms with Crippen LogP contribution in [0.5, 0.6) is 0 Å². The monoisotopic (exact) mass is 411 g/mol. The third kappa shape index (κ3) is 11.4. The highest BCUT2D eigenvalue weighted by molar-refractivity contribution is 7.69. The van der Waals surface area contributed by atoms with Gasteiger partial charge >= 0.3 is 7.60 Å². The van der Waals surface area contributed by atoms with Gasteiger partial charge in [0, 0.05) is 12.1 Å². The van der Waals surface area contributed by atoms with Crippen LogP contribution >= 0.6 is 15.9 Å². The zero-order chi connectivity index (χ0) is 21.1. The average Bonchev–Trinajstić information content (AvgIpc) is 2.17. The summed E-state index contributed by atoms with van der Waals surface area (Å²) >= 11 is 0. The summed E-state index contributed by atoms with van der Waals surface area (Å²) in [5, 5.41) is 0. The van der Waals surface area contributed by atoms with Crippen molar-refractivity contribution < 1.29 is 18.1 Å². The molecular weight excluding hydrogens is 368 g/mol. The fourth-order valence-electron chi connectivity index (χ4n) is 2.64. The van der Waals surface area contributed by atoms with Crippen LogP contribution < -0.4 is 0 Å². The molecule has 0 fully saturated rings. The van der Waals surface area contributed by atoms with Crippen molar-refractivity contribution in [2.24, 2.45) is 0 Å². The van der Waals surface area contributed by atoms with Crippen molar-refractivity contribution in [1.82, 2.24) is 4.67 Å². The van der Waals surface area contributed by atoms with Crippen LogP contribution in [-0.4, -0.2) is 39.5 Å². The fraction of sp³-hybridized carbons (Fsp3) is 1.00. The highest BCUT2D eigenvalue weighted by Gasteiger charge is 2.42. The zero-order valence-electron chi connectivity index (χ0n) is 19.3. The van der Waals surface area contributed by atoms with Crippen LogP contribution in [-0.2, 0) is 18.1 Å². The predicted molar refractivity (Wildman–Crippen MR) is 114 cm³/mol. The first-order valence-corrected chi connectivity index (χ1v) is 12.6. The predicted octanol–water partition coefficient (Wildman–Crippen LogP) is 7.01. The Bertz CT molecular complexity index is 445. The number of hydrogen-bond acceptors (Lipinski definition) is 5. The van der Waals surface area contributed by atoms with Gasteiger partial charge in [0.1, 0.15) is 14.2 Å². The van der Waals surface area contributed by atoms with Gasteiger partial charge in [0.15, 0.2) is 0 Å². The second kappa shape index (κ2) is 9.33. The third-order valence-electron chi connectivity index (χ3n) is 2.82. The fourth-order valence-corrected chi connectivity index (χ4v) is 8.56. The molecule has 7 heteroatoms. The molecule has 0 aliphatic rings. The van der Waals surface area contributed by atoms with E-state index in [1.807, 2.05) is 62.3 Å². The molecule has 0 heterocycles. The minimum Gasteiger partial charge on any atom is -0.337 e.